The first-order valence-corrected chi connectivity index (χ1v) is 16.8. The number of nitrogens with one attached hydrogen (secondary N) is 3. The van der Waals surface area contributed by atoms with Gasteiger partial charge >= 0.3 is 0 Å². The molecule has 0 radical (unpaired) electrons. The van der Waals surface area contributed by atoms with Crippen LogP contribution in [-0.2, 0) is 24.4 Å². The van der Waals surface area contributed by atoms with Gasteiger partial charge in [-0.05, 0) is 73.6 Å². The minimum absolute atomic E-state index is 0.0549. The lowest BCUT2D eigenvalue weighted by atomic mass is 9.95. The smallest absolute Gasteiger partial charge is 0.245 e. The molecule has 3 amide bonds. The van der Waals surface area contributed by atoms with Crippen LogP contribution in [0.5, 0.6) is 0 Å². The number of hydrogen-bond acceptors (Lipinski definition) is 7. The second-order valence-electron chi connectivity index (χ2n) is 11.4. The second kappa shape index (κ2) is 14.6. The van der Waals surface area contributed by atoms with Crippen LogP contribution < -0.4 is 20.3 Å². The van der Waals surface area contributed by atoms with E-state index in [4.69, 9.17) is 0 Å². The predicted molar refractivity (Wildman–Crippen MR) is 168 cm³/mol. The number of amides is 3. The molecule has 2 fully saturated rings. The molecule has 1 aromatic heterocycles. The van der Waals surface area contributed by atoms with Gasteiger partial charge in [0, 0.05) is 56.7 Å². The first-order chi connectivity index (χ1) is 21.3. The van der Waals surface area contributed by atoms with Gasteiger partial charge in [-0.1, -0.05) is 30.3 Å². The fourth-order valence-electron chi connectivity index (χ4n) is 5.85. The van der Waals surface area contributed by atoms with Gasteiger partial charge in [0.2, 0.25) is 27.7 Å². The van der Waals surface area contributed by atoms with Crippen LogP contribution in [0.4, 0.5) is 5.69 Å². The van der Waals surface area contributed by atoms with Crippen LogP contribution in [0.15, 0.2) is 71.9 Å². The van der Waals surface area contributed by atoms with Crippen molar-refractivity contribution in [2.75, 3.05) is 44.2 Å². The summed E-state index contributed by atoms with van der Waals surface area (Å²) < 4.78 is 28.2. The van der Waals surface area contributed by atoms with Crippen molar-refractivity contribution < 1.29 is 22.8 Å². The van der Waals surface area contributed by atoms with E-state index in [0.29, 0.717) is 13.1 Å². The maximum absolute atomic E-state index is 13.4. The third kappa shape index (κ3) is 8.11. The Hall–Kier alpha value is -4.03. The molecule has 1 unspecified atom stereocenters. The predicted octanol–water partition coefficient (Wildman–Crippen LogP) is 2.43. The molecule has 0 saturated carbocycles. The molecular weight excluding hydrogens is 580 g/mol. The lowest BCUT2D eigenvalue weighted by molar-refractivity contribution is -0.137. The van der Waals surface area contributed by atoms with E-state index in [-0.39, 0.29) is 35.6 Å². The van der Waals surface area contributed by atoms with E-state index in [9.17, 15) is 22.8 Å². The number of pyridine rings is 1. The molecule has 2 saturated heterocycles. The van der Waals surface area contributed by atoms with Gasteiger partial charge in [-0.2, -0.15) is 0 Å². The van der Waals surface area contributed by atoms with Gasteiger partial charge in [0.15, 0.2) is 0 Å². The molecule has 0 bridgehead atoms. The van der Waals surface area contributed by atoms with Crippen molar-refractivity contribution in [3.63, 3.8) is 0 Å². The third-order valence-electron chi connectivity index (χ3n) is 8.38. The highest BCUT2D eigenvalue weighted by atomic mass is 32.2. The maximum Gasteiger partial charge on any atom is 0.245 e. The van der Waals surface area contributed by atoms with Crippen LogP contribution in [0.2, 0.25) is 0 Å². The molecule has 2 aliphatic rings. The molecule has 12 heteroatoms. The summed E-state index contributed by atoms with van der Waals surface area (Å²) in [5, 5.41) is 7.36. The van der Waals surface area contributed by atoms with Crippen LogP contribution in [0, 0.1) is 5.92 Å². The molecule has 5 rings (SSSR count). The third-order valence-corrected chi connectivity index (χ3v) is 9.78. The minimum Gasteiger partial charge on any atom is -0.371 e. The number of carbonyl (C=O) groups is 3. The van der Waals surface area contributed by atoms with Gasteiger partial charge in [-0.15, -0.1) is 0 Å². The van der Waals surface area contributed by atoms with Crippen LogP contribution in [0.25, 0.3) is 10.8 Å². The summed E-state index contributed by atoms with van der Waals surface area (Å²) in [5.74, 6) is -1.00. The largest absolute Gasteiger partial charge is 0.371 e. The number of piperidine rings is 2. The molecule has 0 aliphatic carbocycles. The van der Waals surface area contributed by atoms with Crippen molar-refractivity contribution in [2.24, 2.45) is 5.92 Å². The highest BCUT2D eigenvalue weighted by Gasteiger charge is 2.29. The monoisotopic (exact) mass is 620 g/mol. The molecule has 11 nitrogen and oxygen atoms in total. The van der Waals surface area contributed by atoms with E-state index in [1.165, 1.54) is 6.07 Å². The van der Waals surface area contributed by atoms with E-state index in [2.05, 4.69) is 25.2 Å². The quantitative estimate of drug-likeness (QED) is 0.299. The summed E-state index contributed by atoms with van der Waals surface area (Å²) in [4.78, 5) is 47.3. The van der Waals surface area contributed by atoms with Gasteiger partial charge < -0.3 is 20.4 Å². The zero-order chi connectivity index (χ0) is 30.9. The van der Waals surface area contributed by atoms with Crippen LogP contribution >= 0.6 is 0 Å². The van der Waals surface area contributed by atoms with Crippen molar-refractivity contribution >= 4 is 44.2 Å². The molecule has 3 heterocycles. The van der Waals surface area contributed by atoms with Crippen molar-refractivity contribution in [1.29, 1.82) is 0 Å². The van der Waals surface area contributed by atoms with E-state index in [0.717, 1.165) is 61.7 Å². The molecule has 3 aromatic rings. The lowest BCUT2D eigenvalue weighted by Gasteiger charge is -2.33. The topological polar surface area (TPSA) is 141 Å². The minimum atomic E-state index is -3.96. The van der Waals surface area contributed by atoms with Crippen LogP contribution in [-0.4, -0.2) is 81.3 Å². The molecule has 234 valence electrons. The van der Waals surface area contributed by atoms with E-state index >= 15 is 0 Å². The zero-order valence-corrected chi connectivity index (χ0v) is 25.6. The highest BCUT2D eigenvalue weighted by Crippen LogP contribution is 2.23. The molecule has 1 atom stereocenters. The van der Waals surface area contributed by atoms with Gasteiger partial charge in [0.05, 0.1) is 11.4 Å². The zero-order valence-electron chi connectivity index (χ0n) is 24.8. The summed E-state index contributed by atoms with van der Waals surface area (Å²) in [6.07, 6.45) is 8.01. The van der Waals surface area contributed by atoms with Gasteiger partial charge in [0.25, 0.3) is 0 Å². The number of hydrogen-bond donors (Lipinski definition) is 3. The molecule has 2 aromatic carbocycles. The normalized spacial score (nSPS) is 16.8. The fraction of sp³-hybridized carbons (Fsp3) is 0.438. The van der Waals surface area contributed by atoms with Crippen molar-refractivity contribution in [3.8, 4) is 0 Å². The molecule has 2 aliphatic heterocycles. The van der Waals surface area contributed by atoms with Gasteiger partial charge in [-0.25, -0.2) is 13.1 Å². The number of rotatable bonds is 11. The molecule has 0 spiro atoms. The lowest BCUT2D eigenvalue weighted by Crippen LogP contribution is -2.53. The van der Waals surface area contributed by atoms with Gasteiger partial charge in [-0.3, -0.25) is 19.4 Å². The van der Waals surface area contributed by atoms with Crippen molar-refractivity contribution in [2.45, 2.75) is 49.5 Å². The van der Waals surface area contributed by atoms with E-state index in [1.54, 1.807) is 29.4 Å². The van der Waals surface area contributed by atoms with Crippen LogP contribution in [0.1, 0.15) is 38.5 Å². The Labute approximate surface area is 258 Å². The SMILES string of the molecule is O=C(CNS(=O)(=O)c1ccc2ccccc2c1)NC(CCNC(=O)C1CCN(c2ccncc2)CC1)C(=O)N1CCCCC1. The van der Waals surface area contributed by atoms with E-state index in [1.807, 2.05) is 36.4 Å². The maximum atomic E-state index is 13.4. The average molecular weight is 621 g/mol. The summed E-state index contributed by atoms with van der Waals surface area (Å²) in [7, 11) is -3.96. The number of fused-ring (bicyclic) bond motifs is 1. The number of nitrogens with zero attached hydrogens (tertiary/aromatic N) is 3. The summed E-state index contributed by atoms with van der Waals surface area (Å²) in [6, 6.07) is 15.2. The number of likely N-dealkylation sites (tertiary alicyclic amines) is 1. The average Bonchev–Trinajstić information content (AvgIpc) is 3.07. The standard InChI is InChI=1S/C32H40N6O5S/c39-30(23-35-44(42,43)28-9-8-24-6-2-3-7-26(24)22-28)36-29(32(41)38-18-4-1-5-19-38)12-17-34-31(40)25-13-20-37(21-14-25)27-10-15-33-16-11-27/h2-3,6-11,15-16,22,25,29,35H,1,4-5,12-14,17-21,23H2,(H,34,40)(H,36,39). The molecule has 3 N–H and O–H groups in total. The summed E-state index contributed by atoms with van der Waals surface area (Å²) in [5.41, 5.74) is 1.09. The Morgan fingerprint density at radius 1 is 0.886 bits per heavy atom. The van der Waals surface area contributed by atoms with Crippen LogP contribution in [0.3, 0.4) is 0 Å². The first kappa shape index (κ1) is 31.4. The Bertz CT molecular complexity index is 1550. The number of sulfonamides is 1. The first-order valence-electron chi connectivity index (χ1n) is 15.3. The Kier molecular flexibility index (Phi) is 10.4. The number of aromatic nitrogens is 1. The Morgan fingerprint density at radius 3 is 2.32 bits per heavy atom. The fourth-order valence-corrected chi connectivity index (χ4v) is 6.87. The number of carbonyl (C=O) groups excluding carboxylic acids is 3. The number of benzene rings is 2. The molecular formula is C32H40N6O5S. The number of anilines is 1. The Balaban J connectivity index is 1.14. The summed E-state index contributed by atoms with van der Waals surface area (Å²) in [6.45, 7) is 2.47. The second-order valence-corrected chi connectivity index (χ2v) is 13.2. The van der Waals surface area contributed by atoms with Gasteiger partial charge in [0.1, 0.15) is 6.04 Å². The van der Waals surface area contributed by atoms with Crippen molar-refractivity contribution in [3.05, 3.63) is 67.0 Å². The van der Waals surface area contributed by atoms with Crippen molar-refractivity contribution in [1.82, 2.24) is 25.2 Å². The summed E-state index contributed by atoms with van der Waals surface area (Å²) >= 11 is 0. The molecule has 44 heavy (non-hydrogen) atoms. The van der Waals surface area contributed by atoms with E-state index < -0.39 is 28.5 Å². The Morgan fingerprint density at radius 2 is 1.59 bits per heavy atom. The highest BCUT2D eigenvalue weighted by molar-refractivity contribution is 7.89.